The fourth-order valence-corrected chi connectivity index (χ4v) is 1.77. The van der Waals surface area contributed by atoms with Gasteiger partial charge in [0.25, 0.3) is 5.91 Å². The van der Waals surface area contributed by atoms with E-state index in [4.69, 9.17) is 16.2 Å². The molecule has 104 valence electrons. The van der Waals surface area contributed by atoms with Crippen LogP contribution >= 0.6 is 0 Å². The molecule has 0 radical (unpaired) electrons. The molecule has 0 aliphatic carbocycles. The molecule has 0 aliphatic rings. The van der Waals surface area contributed by atoms with E-state index in [-0.39, 0.29) is 17.1 Å². The van der Waals surface area contributed by atoms with E-state index < -0.39 is 5.91 Å². The highest BCUT2D eigenvalue weighted by molar-refractivity contribution is 5.98. The van der Waals surface area contributed by atoms with Gasteiger partial charge in [-0.3, -0.25) is 4.79 Å². The number of rotatable bonds is 4. The lowest BCUT2D eigenvalue weighted by molar-refractivity contribution is 0.100. The first kappa shape index (κ1) is 13.9. The lowest BCUT2D eigenvalue weighted by Gasteiger charge is -2.10. The second-order valence-electron chi connectivity index (χ2n) is 4.80. The van der Waals surface area contributed by atoms with Gasteiger partial charge in [0.05, 0.1) is 17.4 Å². The third kappa shape index (κ3) is 3.06. The minimum absolute atomic E-state index is 0.204. The number of nitrogens with two attached hydrogens (primary N) is 2. The van der Waals surface area contributed by atoms with Gasteiger partial charge in [-0.25, -0.2) is 4.98 Å². The van der Waals surface area contributed by atoms with Gasteiger partial charge < -0.3 is 16.2 Å². The van der Waals surface area contributed by atoms with Crippen molar-refractivity contribution in [1.29, 1.82) is 0 Å². The third-order valence-electron chi connectivity index (χ3n) is 2.92. The SMILES string of the molecule is CC(C)c1cccc(Oc2cc(C(N)=O)c(N)cn2)c1. The van der Waals surface area contributed by atoms with Gasteiger partial charge in [-0.1, -0.05) is 26.0 Å². The molecule has 5 nitrogen and oxygen atoms in total. The van der Waals surface area contributed by atoms with E-state index in [1.165, 1.54) is 12.3 Å². The highest BCUT2D eigenvalue weighted by atomic mass is 16.5. The van der Waals surface area contributed by atoms with Crippen molar-refractivity contribution >= 4 is 11.6 Å². The number of anilines is 1. The topological polar surface area (TPSA) is 91.2 Å². The molecule has 1 amide bonds. The normalized spacial score (nSPS) is 10.6. The summed E-state index contributed by atoms with van der Waals surface area (Å²) in [7, 11) is 0. The van der Waals surface area contributed by atoms with Crippen molar-refractivity contribution in [3.8, 4) is 11.6 Å². The molecule has 0 unspecified atom stereocenters. The molecular weight excluding hydrogens is 254 g/mol. The van der Waals surface area contributed by atoms with Crippen LogP contribution < -0.4 is 16.2 Å². The van der Waals surface area contributed by atoms with Crippen molar-refractivity contribution in [2.24, 2.45) is 5.73 Å². The predicted octanol–water partition coefficient (Wildman–Crippen LogP) is 2.68. The fraction of sp³-hybridized carbons (Fsp3) is 0.200. The molecule has 1 aromatic heterocycles. The summed E-state index contributed by atoms with van der Waals surface area (Å²) in [4.78, 5) is 15.3. The summed E-state index contributed by atoms with van der Waals surface area (Å²) >= 11 is 0. The third-order valence-corrected chi connectivity index (χ3v) is 2.92. The van der Waals surface area contributed by atoms with Gasteiger partial charge >= 0.3 is 0 Å². The van der Waals surface area contributed by atoms with Gasteiger partial charge in [0.1, 0.15) is 5.75 Å². The molecule has 0 atom stereocenters. The van der Waals surface area contributed by atoms with Gasteiger partial charge in [-0.15, -0.1) is 0 Å². The highest BCUT2D eigenvalue weighted by Crippen LogP contribution is 2.25. The molecule has 0 saturated heterocycles. The van der Waals surface area contributed by atoms with Gasteiger partial charge in [0.2, 0.25) is 5.88 Å². The number of benzene rings is 1. The van der Waals surface area contributed by atoms with Crippen LogP contribution in [0.2, 0.25) is 0 Å². The number of ether oxygens (including phenoxy) is 1. The van der Waals surface area contributed by atoms with E-state index in [1.54, 1.807) is 0 Å². The number of carbonyl (C=O) groups excluding carboxylic acids is 1. The summed E-state index contributed by atoms with van der Waals surface area (Å²) in [6, 6.07) is 9.15. The van der Waals surface area contributed by atoms with Crippen molar-refractivity contribution in [2.75, 3.05) is 5.73 Å². The largest absolute Gasteiger partial charge is 0.439 e. The van der Waals surface area contributed by atoms with E-state index in [0.717, 1.165) is 5.56 Å². The second-order valence-corrected chi connectivity index (χ2v) is 4.80. The smallest absolute Gasteiger partial charge is 0.251 e. The number of nitrogen functional groups attached to an aromatic ring is 1. The Balaban J connectivity index is 2.28. The number of nitrogens with zero attached hydrogens (tertiary/aromatic N) is 1. The van der Waals surface area contributed by atoms with E-state index in [1.807, 2.05) is 24.3 Å². The van der Waals surface area contributed by atoms with Gasteiger partial charge in [-0.05, 0) is 23.6 Å². The lowest BCUT2D eigenvalue weighted by atomic mass is 10.0. The minimum Gasteiger partial charge on any atom is -0.439 e. The summed E-state index contributed by atoms with van der Waals surface area (Å²) in [5.74, 6) is 0.739. The molecule has 2 rings (SSSR count). The Kier molecular flexibility index (Phi) is 3.89. The average molecular weight is 271 g/mol. The first-order chi connectivity index (χ1) is 9.47. The van der Waals surface area contributed by atoms with Crippen LogP contribution in [0.1, 0.15) is 35.7 Å². The maximum atomic E-state index is 11.2. The van der Waals surface area contributed by atoms with E-state index >= 15 is 0 Å². The molecular formula is C15H17N3O2. The molecule has 1 aromatic carbocycles. The van der Waals surface area contributed by atoms with Crippen molar-refractivity contribution in [1.82, 2.24) is 4.98 Å². The van der Waals surface area contributed by atoms with Crippen LogP contribution in [0.5, 0.6) is 11.6 Å². The molecule has 0 saturated carbocycles. The monoisotopic (exact) mass is 271 g/mol. The molecule has 0 spiro atoms. The summed E-state index contributed by atoms with van der Waals surface area (Å²) < 4.78 is 5.64. The van der Waals surface area contributed by atoms with Gasteiger partial charge in [0, 0.05) is 6.07 Å². The van der Waals surface area contributed by atoms with Crippen LogP contribution in [0, 0.1) is 0 Å². The number of primary amides is 1. The molecule has 0 bridgehead atoms. The summed E-state index contributed by atoms with van der Waals surface area (Å²) in [6.07, 6.45) is 1.36. The lowest BCUT2D eigenvalue weighted by Crippen LogP contribution is -2.13. The number of hydrogen-bond acceptors (Lipinski definition) is 4. The second kappa shape index (κ2) is 5.61. The number of aromatic nitrogens is 1. The zero-order valence-electron chi connectivity index (χ0n) is 11.5. The van der Waals surface area contributed by atoms with Gasteiger partial charge in [0.15, 0.2) is 0 Å². The predicted molar refractivity (Wildman–Crippen MR) is 77.8 cm³/mol. The molecule has 4 N–H and O–H groups in total. The maximum absolute atomic E-state index is 11.2. The van der Waals surface area contributed by atoms with Crippen LogP contribution in [-0.4, -0.2) is 10.9 Å². The Bertz CT molecular complexity index is 639. The summed E-state index contributed by atoms with van der Waals surface area (Å²) in [5, 5.41) is 0. The Morgan fingerprint density at radius 3 is 2.70 bits per heavy atom. The fourth-order valence-electron chi connectivity index (χ4n) is 1.77. The molecule has 5 heteroatoms. The Labute approximate surface area is 117 Å². The van der Waals surface area contributed by atoms with Crippen molar-refractivity contribution in [2.45, 2.75) is 19.8 Å². The summed E-state index contributed by atoms with van der Waals surface area (Å²) in [5.41, 5.74) is 12.5. The number of amides is 1. The molecule has 2 aromatic rings. The van der Waals surface area contributed by atoms with Crippen LogP contribution in [0.3, 0.4) is 0 Å². The molecule has 1 heterocycles. The highest BCUT2D eigenvalue weighted by Gasteiger charge is 2.09. The molecule has 0 aliphatic heterocycles. The van der Waals surface area contributed by atoms with Crippen LogP contribution in [0.25, 0.3) is 0 Å². The summed E-state index contributed by atoms with van der Waals surface area (Å²) in [6.45, 7) is 4.21. The van der Waals surface area contributed by atoms with Crippen LogP contribution in [0.15, 0.2) is 36.5 Å². The van der Waals surface area contributed by atoms with Crippen molar-refractivity contribution < 1.29 is 9.53 Å². The van der Waals surface area contributed by atoms with Crippen molar-refractivity contribution in [3.05, 3.63) is 47.7 Å². The zero-order valence-corrected chi connectivity index (χ0v) is 11.5. The minimum atomic E-state index is -0.606. The standard InChI is InChI=1S/C15H17N3O2/c1-9(2)10-4-3-5-11(6-10)20-14-7-12(15(17)19)13(16)8-18-14/h3-9H,16H2,1-2H3,(H2,17,19). The number of hydrogen-bond donors (Lipinski definition) is 2. The molecule has 0 fully saturated rings. The quantitative estimate of drug-likeness (QED) is 0.894. The number of pyridine rings is 1. The maximum Gasteiger partial charge on any atom is 0.251 e. The van der Waals surface area contributed by atoms with Crippen molar-refractivity contribution in [3.63, 3.8) is 0 Å². The van der Waals surface area contributed by atoms with Crippen LogP contribution in [0.4, 0.5) is 5.69 Å². The van der Waals surface area contributed by atoms with Crippen LogP contribution in [-0.2, 0) is 0 Å². The van der Waals surface area contributed by atoms with E-state index in [9.17, 15) is 4.79 Å². The van der Waals surface area contributed by atoms with E-state index in [2.05, 4.69) is 18.8 Å². The zero-order chi connectivity index (χ0) is 14.7. The average Bonchev–Trinajstić information content (AvgIpc) is 2.41. The van der Waals surface area contributed by atoms with E-state index in [0.29, 0.717) is 11.7 Å². The Morgan fingerprint density at radius 1 is 1.30 bits per heavy atom. The first-order valence-corrected chi connectivity index (χ1v) is 6.30. The molecule has 20 heavy (non-hydrogen) atoms. The number of carbonyl (C=O) groups is 1. The Morgan fingerprint density at radius 2 is 2.05 bits per heavy atom. The van der Waals surface area contributed by atoms with Gasteiger partial charge in [-0.2, -0.15) is 0 Å². The Hall–Kier alpha value is -2.56. The first-order valence-electron chi connectivity index (χ1n) is 6.30.